The topological polar surface area (TPSA) is 96.5 Å². The van der Waals surface area contributed by atoms with Crippen LogP contribution in [0.3, 0.4) is 0 Å². The minimum absolute atomic E-state index is 0.0571. The molecule has 0 aromatic heterocycles. The fourth-order valence-corrected chi connectivity index (χ4v) is 6.82. The molecule has 3 aliphatic rings. The average Bonchev–Trinajstić information content (AvgIpc) is 3.39. The number of nitrogens with zero attached hydrogens (tertiary/aromatic N) is 3. The Balaban J connectivity index is 0.00000185. The minimum Gasteiger partial charge on any atom is -0.466 e. The largest absolute Gasteiger partial charge is 0.466 e. The van der Waals surface area contributed by atoms with Gasteiger partial charge in [0.05, 0.1) is 13.0 Å². The molecule has 2 aliphatic heterocycles. The molecule has 1 aliphatic carbocycles. The first-order valence-corrected chi connectivity index (χ1v) is 18.3. The SMILES string of the molecule is CC.CC.CCOC(=O)CCN(CCc1ccccc1)C(=O)C1CCC2CN(CCC3CCN(C(=O)OC(C)(C)C)CC3)C(=O)C2C1. The van der Waals surface area contributed by atoms with Crippen molar-refractivity contribution >= 4 is 23.9 Å². The average molecular weight is 658 g/mol. The summed E-state index contributed by atoms with van der Waals surface area (Å²) in [6, 6.07) is 10.1. The van der Waals surface area contributed by atoms with E-state index in [-0.39, 0.29) is 42.1 Å². The van der Waals surface area contributed by atoms with Crippen LogP contribution in [0.15, 0.2) is 30.3 Å². The molecule has 3 unspecified atom stereocenters. The van der Waals surface area contributed by atoms with Crippen LogP contribution in [0.4, 0.5) is 4.79 Å². The molecule has 2 saturated heterocycles. The Morgan fingerprint density at radius 1 is 0.936 bits per heavy atom. The first kappa shape index (κ1) is 40.1. The molecular formula is C38H63N3O6. The molecule has 3 atom stereocenters. The molecule has 0 spiro atoms. The standard InChI is InChI=1S/C34H51N3O6.2C2H6/c1-5-42-30(38)17-22-35(18-13-25-9-7-6-8-10-25)31(39)27-11-12-28-24-37(32(40)29(28)23-27)21-16-26-14-19-36(20-15-26)33(41)43-34(2,3)4;2*1-2/h6-10,26-29H,5,11-24H2,1-4H3;2*1-2H3. The van der Waals surface area contributed by atoms with Gasteiger partial charge in [-0.1, -0.05) is 58.0 Å². The van der Waals surface area contributed by atoms with Gasteiger partial charge in [0.15, 0.2) is 0 Å². The first-order chi connectivity index (χ1) is 22.5. The molecule has 9 nitrogen and oxygen atoms in total. The maximum Gasteiger partial charge on any atom is 0.410 e. The van der Waals surface area contributed by atoms with Gasteiger partial charge in [-0.15, -0.1) is 0 Å². The molecule has 1 aromatic rings. The van der Waals surface area contributed by atoms with Gasteiger partial charge in [0.1, 0.15) is 5.60 Å². The molecule has 3 fully saturated rings. The molecular weight excluding hydrogens is 594 g/mol. The molecule has 3 amide bonds. The van der Waals surface area contributed by atoms with Gasteiger partial charge in [0.25, 0.3) is 0 Å². The first-order valence-electron chi connectivity index (χ1n) is 18.3. The molecule has 9 heteroatoms. The van der Waals surface area contributed by atoms with E-state index in [9.17, 15) is 19.2 Å². The number of hydrogen-bond acceptors (Lipinski definition) is 6. The van der Waals surface area contributed by atoms with E-state index >= 15 is 0 Å². The maximum atomic E-state index is 13.8. The van der Waals surface area contributed by atoms with Crippen LogP contribution in [0, 0.1) is 23.7 Å². The highest BCUT2D eigenvalue weighted by molar-refractivity contribution is 5.84. The normalized spacial score (nSPS) is 21.0. The second-order valence-corrected chi connectivity index (χ2v) is 13.5. The van der Waals surface area contributed by atoms with E-state index in [1.54, 1.807) is 11.8 Å². The highest BCUT2D eigenvalue weighted by atomic mass is 16.6. The highest BCUT2D eigenvalue weighted by Gasteiger charge is 2.46. The Bertz CT molecular complexity index is 1100. The lowest BCUT2D eigenvalue weighted by atomic mass is 9.75. The number of carbonyl (C=O) groups is 4. The third-order valence-corrected chi connectivity index (χ3v) is 9.22. The van der Waals surface area contributed by atoms with Crippen LogP contribution >= 0.6 is 0 Å². The van der Waals surface area contributed by atoms with E-state index in [0.717, 1.165) is 57.2 Å². The second-order valence-electron chi connectivity index (χ2n) is 13.5. The van der Waals surface area contributed by atoms with E-state index in [4.69, 9.17) is 9.47 Å². The second kappa shape index (κ2) is 20.3. The van der Waals surface area contributed by atoms with E-state index < -0.39 is 5.60 Å². The summed E-state index contributed by atoms with van der Waals surface area (Å²) in [4.78, 5) is 57.4. The fourth-order valence-electron chi connectivity index (χ4n) is 6.82. The summed E-state index contributed by atoms with van der Waals surface area (Å²) in [5.41, 5.74) is 0.658. The molecule has 1 aromatic carbocycles. The number of ether oxygens (including phenoxy) is 2. The summed E-state index contributed by atoms with van der Waals surface area (Å²) in [6.45, 7) is 19.5. The molecule has 1 saturated carbocycles. The van der Waals surface area contributed by atoms with Crippen LogP contribution in [0.1, 0.15) is 106 Å². The van der Waals surface area contributed by atoms with Crippen LogP contribution in [0.25, 0.3) is 0 Å². The lowest BCUT2D eigenvalue weighted by molar-refractivity contribution is -0.144. The van der Waals surface area contributed by atoms with Crippen molar-refractivity contribution in [2.24, 2.45) is 23.7 Å². The van der Waals surface area contributed by atoms with Gasteiger partial charge in [-0.05, 0) is 90.0 Å². The van der Waals surface area contributed by atoms with Gasteiger partial charge < -0.3 is 24.2 Å². The van der Waals surface area contributed by atoms with E-state index in [1.807, 2.05) is 76.5 Å². The molecule has 0 N–H and O–H groups in total. The maximum absolute atomic E-state index is 13.8. The molecule has 0 bridgehead atoms. The zero-order chi connectivity index (χ0) is 35.0. The summed E-state index contributed by atoms with van der Waals surface area (Å²) >= 11 is 0. The molecule has 2 heterocycles. The Hall–Kier alpha value is -3.10. The number of fused-ring (bicyclic) bond motifs is 1. The minimum atomic E-state index is -0.493. The number of likely N-dealkylation sites (tertiary alicyclic amines) is 2. The van der Waals surface area contributed by atoms with Gasteiger partial charge in [-0.25, -0.2) is 4.79 Å². The predicted molar refractivity (Wildman–Crippen MR) is 187 cm³/mol. The Labute approximate surface area is 284 Å². The Morgan fingerprint density at radius 3 is 2.21 bits per heavy atom. The van der Waals surface area contributed by atoms with E-state index in [1.165, 1.54) is 0 Å². The van der Waals surface area contributed by atoms with Gasteiger partial charge in [-0.3, -0.25) is 14.4 Å². The number of carbonyl (C=O) groups excluding carboxylic acids is 4. The molecule has 4 rings (SSSR count). The van der Waals surface area contributed by atoms with E-state index in [0.29, 0.717) is 51.0 Å². The van der Waals surface area contributed by atoms with Crippen molar-refractivity contribution in [3.05, 3.63) is 35.9 Å². The predicted octanol–water partition coefficient (Wildman–Crippen LogP) is 6.98. The van der Waals surface area contributed by atoms with Gasteiger partial charge in [-0.2, -0.15) is 0 Å². The van der Waals surface area contributed by atoms with Crippen LogP contribution in [0.2, 0.25) is 0 Å². The van der Waals surface area contributed by atoms with E-state index in [2.05, 4.69) is 12.1 Å². The fraction of sp³-hybridized carbons (Fsp3) is 0.737. The van der Waals surface area contributed by atoms with Gasteiger partial charge in [0.2, 0.25) is 11.8 Å². The summed E-state index contributed by atoms with van der Waals surface area (Å²) in [7, 11) is 0. The number of amides is 3. The van der Waals surface area contributed by atoms with Crippen LogP contribution in [0.5, 0.6) is 0 Å². The van der Waals surface area contributed by atoms with Crippen LogP contribution in [-0.2, 0) is 30.3 Å². The summed E-state index contributed by atoms with van der Waals surface area (Å²) in [5, 5.41) is 0. The lowest BCUT2D eigenvalue weighted by Crippen LogP contribution is -2.42. The number of benzene rings is 1. The van der Waals surface area contributed by atoms with Crippen molar-refractivity contribution in [2.45, 2.75) is 112 Å². The summed E-state index contributed by atoms with van der Waals surface area (Å²) in [5.74, 6) is 0.459. The van der Waals surface area contributed by atoms with Crippen molar-refractivity contribution in [1.29, 1.82) is 0 Å². The third kappa shape index (κ3) is 12.8. The number of hydrogen-bond donors (Lipinski definition) is 0. The number of esters is 1. The van der Waals surface area contributed by atoms with Crippen LogP contribution < -0.4 is 0 Å². The Kier molecular flexibility index (Phi) is 17.3. The zero-order valence-electron chi connectivity index (χ0n) is 30.6. The van der Waals surface area contributed by atoms with Crippen molar-refractivity contribution < 1.29 is 28.7 Å². The number of rotatable bonds is 11. The summed E-state index contributed by atoms with van der Waals surface area (Å²) < 4.78 is 10.6. The van der Waals surface area contributed by atoms with Gasteiger partial charge >= 0.3 is 12.1 Å². The smallest absolute Gasteiger partial charge is 0.410 e. The lowest BCUT2D eigenvalue weighted by Gasteiger charge is -2.34. The third-order valence-electron chi connectivity index (χ3n) is 9.22. The number of piperidine rings is 1. The molecule has 266 valence electrons. The summed E-state index contributed by atoms with van der Waals surface area (Å²) in [6.07, 6.45) is 5.70. The molecule has 47 heavy (non-hydrogen) atoms. The molecule has 0 radical (unpaired) electrons. The zero-order valence-corrected chi connectivity index (χ0v) is 30.6. The van der Waals surface area contributed by atoms with Crippen molar-refractivity contribution in [3.8, 4) is 0 Å². The van der Waals surface area contributed by atoms with Crippen LogP contribution in [-0.4, -0.2) is 90.1 Å². The highest BCUT2D eigenvalue weighted by Crippen LogP contribution is 2.41. The van der Waals surface area contributed by atoms with Crippen molar-refractivity contribution in [1.82, 2.24) is 14.7 Å². The quantitative estimate of drug-likeness (QED) is 0.239. The monoisotopic (exact) mass is 657 g/mol. The Morgan fingerprint density at radius 2 is 1.60 bits per heavy atom. The van der Waals surface area contributed by atoms with Crippen molar-refractivity contribution in [2.75, 3.05) is 45.9 Å². The van der Waals surface area contributed by atoms with Crippen molar-refractivity contribution in [3.63, 3.8) is 0 Å². The van der Waals surface area contributed by atoms with Gasteiger partial charge in [0, 0.05) is 51.1 Å².